The minimum Gasteiger partial charge on any atom is -0.0533 e. The van der Waals surface area contributed by atoms with Gasteiger partial charge in [-0.25, -0.2) is 0 Å². The molecule has 18 heavy (non-hydrogen) atoms. The van der Waals surface area contributed by atoms with Gasteiger partial charge in [-0.05, 0) is 17.8 Å². The van der Waals surface area contributed by atoms with Crippen molar-refractivity contribution in [2.75, 3.05) is 0 Å². The summed E-state index contributed by atoms with van der Waals surface area (Å²) in [6.07, 6.45) is 20.7. The molecule has 105 valence electrons. The minimum atomic E-state index is 0.953. The zero-order valence-corrected chi connectivity index (χ0v) is 12.3. The highest BCUT2D eigenvalue weighted by atomic mass is 14.3. The summed E-state index contributed by atoms with van der Waals surface area (Å²) >= 11 is 0. The lowest BCUT2D eigenvalue weighted by Gasteiger charge is -2.30. The lowest BCUT2D eigenvalue weighted by atomic mass is 9.76. The summed E-state index contributed by atoms with van der Waals surface area (Å²) in [5.74, 6) is 3.06. The summed E-state index contributed by atoms with van der Waals surface area (Å²) < 4.78 is 0. The molecule has 0 aromatic heterocycles. The zero-order chi connectivity index (χ0) is 12.6. The highest BCUT2D eigenvalue weighted by Crippen LogP contribution is 2.35. The van der Waals surface area contributed by atoms with Crippen molar-refractivity contribution in [2.45, 2.75) is 89.9 Å². The van der Waals surface area contributed by atoms with E-state index in [4.69, 9.17) is 0 Å². The van der Waals surface area contributed by atoms with Gasteiger partial charge in [0.25, 0.3) is 0 Å². The quantitative estimate of drug-likeness (QED) is 0.529. The first-order valence-corrected chi connectivity index (χ1v) is 8.69. The molecule has 2 rings (SSSR count). The molecule has 0 amide bonds. The van der Waals surface area contributed by atoms with Crippen molar-refractivity contribution in [1.82, 2.24) is 0 Å². The van der Waals surface area contributed by atoms with Gasteiger partial charge >= 0.3 is 0 Å². The molecule has 0 bridgehead atoms. The molecule has 1 unspecified atom stereocenters. The Morgan fingerprint density at radius 3 is 2.06 bits per heavy atom. The lowest BCUT2D eigenvalue weighted by Crippen LogP contribution is -2.18. The van der Waals surface area contributed by atoms with Gasteiger partial charge in [0, 0.05) is 0 Å². The van der Waals surface area contributed by atoms with Crippen molar-refractivity contribution < 1.29 is 0 Å². The van der Waals surface area contributed by atoms with E-state index in [0.29, 0.717) is 0 Å². The first-order chi connectivity index (χ1) is 8.90. The van der Waals surface area contributed by atoms with E-state index in [1.807, 2.05) is 0 Å². The topological polar surface area (TPSA) is 0 Å². The third kappa shape index (κ3) is 4.59. The molecule has 0 spiro atoms. The van der Waals surface area contributed by atoms with Crippen LogP contribution in [-0.2, 0) is 0 Å². The Morgan fingerprint density at radius 2 is 1.44 bits per heavy atom. The van der Waals surface area contributed by atoms with E-state index < -0.39 is 0 Å². The van der Waals surface area contributed by atoms with Crippen molar-refractivity contribution in [1.29, 1.82) is 0 Å². The molecule has 0 heterocycles. The maximum Gasteiger partial charge on any atom is -0.0386 e. The largest absolute Gasteiger partial charge is 0.0533 e. The van der Waals surface area contributed by atoms with E-state index in [-0.39, 0.29) is 0 Å². The smallest absolute Gasteiger partial charge is 0.0386 e. The van der Waals surface area contributed by atoms with Crippen molar-refractivity contribution >= 4 is 0 Å². The van der Waals surface area contributed by atoms with Gasteiger partial charge in [0.2, 0.25) is 0 Å². The molecule has 2 fully saturated rings. The highest BCUT2D eigenvalue weighted by molar-refractivity contribution is 4.76. The molecule has 0 saturated heterocycles. The Morgan fingerprint density at radius 1 is 0.833 bits per heavy atom. The van der Waals surface area contributed by atoms with Gasteiger partial charge in [0.05, 0.1) is 0 Å². The van der Waals surface area contributed by atoms with Gasteiger partial charge in [0.15, 0.2) is 0 Å². The molecule has 0 N–H and O–H groups in total. The van der Waals surface area contributed by atoms with E-state index in [2.05, 4.69) is 6.92 Å². The molecule has 2 aliphatic rings. The Kier molecular flexibility index (Phi) is 6.59. The average Bonchev–Trinajstić information content (AvgIpc) is 2.46. The third-order valence-corrected chi connectivity index (χ3v) is 5.60. The van der Waals surface area contributed by atoms with Crippen molar-refractivity contribution in [3.8, 4) is 0 Å². The molecule has 0 aromatic carbocycles. The van der Waals surface area contributed by atoms with Crippen LogP contribution < -0.4 is 0 Å². The molecular weight excluding hydrogens is 216 g/mol. The van der Waals surface area contributed by atoms with Crippen molar-refractivity contribution in [3.63, 3.8) is 0 Å². The second-order valence-electron chi connectivity index (χ2n) is 6.88. The van der Waals surface area contributed by atoms with Crippen LogP contribution in [0.4, 0.5) is 0 Å². The van der Waals surface area contributed by atoms with Gasteiger partial charge in [-0.2, -0.15) is 0 Å². The van der Waals surface area contributed by atoms with Gasteiger partial charge in [0.1, 0.15) is 0 Å². The molecule has 0 heteroatoms. The monoisotopic (exact) mass is 249 g/mol. The second-order valence-corrected chi connectivity index (χ2v) is 6.88. The number of hydrogen-bond acceptors (Lipinski definition) is 0. The first kappa shape index (κ1) is 14.4. The average molecular weight is 249 g/mol. The van der Waals surface area contributed by atoms with E-state index in [1.165, 1.54) is 89.9 Å². The summed E-state index contributed by atoms with van der Waals surface area (Å²) in [5, 5.41) is 0. The maximum atomic E-state index is 4.23. The van der Waals surface area contributed by atoms with E-state index >= 15 is 0 Å². The summed E-state index contributed by atoms with van der Waals surface area (Å²) in [4.78, 5) is 0. The van der Waals surface area contributed by atoms with Crippen LogP contribution >= 0.6 is 0 Å². The third-order valence-electron chi connectivity index (χ3n) is 5.60. The Hall–Kier alpha value is 0. The second kappa shape index (κ2) is 8.23. The van der Waals surface area contributed by atoms with Crippen LogP contribution in [0.2, 0.25) is 0 Å². The summed E-state index contributed by atoms with van der Waals surface area (Å²) in [6, 6.07) is 0. The molecule has 0 nitrogen and oxygen atoms in total. The van der Waals surface area contributed by atoms with Crippen molar-refractivity contribution in [3.05, 3.63) is 6.92 Å². The van der Waals surface area contributed by atoms with E-state index in [0.717, 1.165) is 17.8 Å². The Labute approximate surface area is 115 Å². The van der Waals surface area contributed by atoms with Crippen molar-refractivity contribution in [2.24, 2.45) is 17.8 Å². The van der Waals surface area contributed by atoms with Gasteiger partial charge in [-0.1, -0.05) is 96.8 Å². The van der Waals surface area contributed by atoms with Crippen LogP contribution in [0, 0.1) is 24.7 Å². The molecule has 0 aliphatic heterocycles. The number of rotatable bonds is 6. The predicted octanol–water partition coefficient (Wildman–Crippen LogP) is 6.16. The fourth-order valence-electron chi connectivity index (χ4n) is 4.37. The fourth-order valence-corrected chi connectivity index (χ4v) is 4.37. The Balaban J connectivity index is 1.63. The molecule has 0 aromatic rings. The van der Waals surface area contributed by atoms with Crippen LogP contribution in [0.3, 0.4) is 0 Å². The minimum absolute atomic E-state index is 0.953. The molecule has 1 radical (unpaired) electrons. The highest BCUT2D eigenvalue weighted by Gasteiger charge is 2.22. The lowest BCUT2D eigenvalue weighted by molar-refractivity contribution is 0.224. The molecular formula is C18H33. The normalized spacial score (nSPS) is 25.2. The van der Waals surface area contributed by atoms with Gasteiger partial charge in [-0.15, -0.1) is 0 Å². The first-order valence-electron chi connectivity index (χ1n) is 8.69. The molecule has 2 saturated carbocycles. The summed E-state index contributed by atoms with van der Waals surface area (Å²) in [6.45, 7) is 4.23. The van der Waals surface area contributed by atoms with E-state index in [9.17, 15) is 0 Å². The summed E-state index contributed by atoms with van der Waals surface area (Å²) in [7, 11) is 0. The van der Waals surface area contributed by atoms with Crippen LogP contribution in [-0.4, -0.2) is 0 Å². The van der Waals surface area contributed by atoms with Crippen LogP contribution in [0.1, 0.15) is 89.9 Å². The van der Waals surface area contributed by atoms with E-state index in [1.54, 1.807) is 0 Å². The Bertz CT molecular complexity index is 196. The molecule has 1 atom stereocenters. The fraction of sp³-hybridized carbons (Fsp3) is 0.944. The van der Waals surface area contributed by atoms with Crippen LogP contribution in [0.25, 0.3) is 0 Å². The summed E-state index contributed by atoms with van der Waals surface area (Å²) in [5.41, 5.74) is 0. The zero-order valence-electron chi connectivity index (χ0n) is 12.3. The standard InChI is InChI=1S/C18H33/c1-2-17(18-13-7-4-8-14-18)15-9-12-16-10-5-3-6-11-16/h16-18H,1-15H2. The van der Waals surface area contributed by atoms with Gasteiger partial charge in [-0.3, -0.25) is 0 Å². The maximum absolute atomic E-state index is 4.23. The van der Waals surface area contributed by atoms with Gasteiger partial charge < -0.3 is 0 Å². The predicted molar refractivity (Wildman–Crippen MR) is 80.5 cm³/mol. The van der Waals surface area contributed by atoms with Crippen LogP contribution in [0.5, 0.6) is 0 Å². The number of hydrogen-bond donors (Lipinski definition) is 0. The SMILES string of the molecule is [CH2]CC(CCCC1CCCCC1)C1CCCCC1. The van der Waals surface area contributed by atoms with Crippen LogP contribution in [0.15, 0.2) is 0 Å². The molecule has 2 aliphatic carbocycles.